The van der Waals surface area contributed by atoms with Crippen LogP contribution in [0.1, 0.15) is 57.7 Å². The predicted molar refractivity (Wildman–Crippen MR) is 76.6 cm³/mol. The topological polar surface area (TPSA) is 47.1 Å². The second kappa shape index (κ2) is 7.54. The van der Waals surface area contributed by atoms with Crippen molar-refractivity contribution < 1.29 is 0 Å². The monoisotopic (exact) mass is 252 g/mol. The molecule has 0 bridgehead atoms. The van der Waals surface area contributed by atoms with Gasteiger partial charge in [-0.1, -0.05) is 19.8 Å². The van der Waals surface area contributed by atoms with Gasteiger partial charge in [0.25, 0.3) is 0 Å². The second-order valence-electron chi connectivity index (χ2n) is 5.29. The molecule has 1 aromatic rings. The van der Waals surface area contributed by atoms with Gasteiger partial charge < -0.3 is 5.73 Å². The summed E-state index contributed by atoms with van der Waals surface area (Å²) in [5.74, 6) is 0. The Morgan fingerprint density at radius 2 is 2.11 bits per heavy atom. The van der Waals surface area contributed by atoms with Gasteiger partial charge in [0.2, 0.25) is 0 Å². The van der Waals surface area contributed by atoms with Gasteiger partial charge in [-0.3, -0.25) is 9.58 Å². The van der Waals surface area contributed by atoms with E-state index in [1.807, 2.05) is 10.9 Å². The number of likely N-dealkylation sites (N-methyl/N-ethyl adjacent to an activating group) is 1. The van der Waals surface area contributed by atoms with Crippen molar-refractivity contribution in [2.75, 3.05) is 20.1 Å². The van der Waals surface area contributed by atoms with Crippen molar-refractivity contribution in [2.45, 2.75) is 52.1 Å². The molecule has 1 heterocycles. The number of rotatable bonds is 8. The Hall–Kier alpha value is -0.870. The van der Waals surface area contributed by atoms with Crippen molar-refractivity contribution >= 4 is 0 Å². The van der Waals surface area contributed by atoms with Crippen LogP contribution in [0.2, 0.25) is 0 Å². The highest BCUT2D eigenvalue weighted by Gasteiger charge is 2.17. The number of unbranched alkanes of at least 4 members (excludes halogenated alkanes) is 2. The van der Waals surface area contributed by atoms with Crippen molar-refractivity contribution in [3.63, 3.8) is 0 Å². The van der Waals surface area contributed by atoms with Gasteiger partial charge in [0.15, 0.2) is 0 Å². The molecule has 0 fully saturated rings. The van der Waals surface area contributed by atoms with Crippen LogP contribution in [0.25, 0.3) is 0 Å². The molecule has 0 aliphatic heterocycles. The van der Waals surface area contributed by atoms with E-state index < -0.39 is 0 Å². The Balaban J connectivity index is 2.63. The Morgan fingerprint density at radius 3 is 2.61 bits per heavy atom. The van der Waals surface area contributed by atoms with E-state index in [-0.39, 0.29) is 6.04 Å². The molecule has 0 radical (unpaired) electrons. The summed E-state index contributed by atoms with van der Waals surface area (Å²) in [4.78, 5) is 2.34. The largest absolute Gasteiger partial charge is 0.329 e. The van der Waals surface area contributed by atoms with E-state index in [1.54, 1.807) is 0 Å². The molecule has 1 atom stereocenters. The van der Waals surface area contributed by atoms with Gasteiger partial charge in [-0.05, 0) is 33.9 Å². The molecule has 0 saturated carbocycles. The van der Waals surface area contributed by atoms with Crippen LogP contribution in [-0.2, 0) is 0 Å². The highest BCUT2D eigenvalue weighted by molar-refractivity contribution is 5.11. The van der Waals surface area contributed by atoms with Crippen LogP contribution in [0, 0.1) is 0 Å². The lowest BCUT2D eigenvalue weighted by molar-refractivity contribution is 0.245. The maximum absolute atomic E-state index is 5.92. The summed E-state index contributed by atoms with van der Waals surface area (Å²) in [5, 5.41) is 4.40. The minimum absolute atomic E-state index is 0.286. The number of hydrogen-bond donors (Lipinski definition) is 1. The average molecular weight is 252 g/mol. The van der Waals surface area contributed by atoms with Crippen LogP contribution < -0.4 is 5.73 Å². The zero-order valence-corrected chi connectivity index (χ0v) is 12.3. The molecule has 104 valence electrons. The quantitative estimate of drug-likeness (QED) is 0.723. The van der Waals surface area contributed by atoms with Crippen molar-refractivity contribution in [3.8, 4) is 0 Å². The van der Waals surface area contributed by atoms with Gasteiger partial charge in [0.1, 0.15) is 0 Å². The molecular weight excluding hydrogens is 224 g/mol. The lowest BCUT2D eigenvalue weighted by Gasteiger charge is -2.26. The lowest BCUT2D eigenvalue weighted by atomic mass is 10.1. The first kappa shape index (κ1) is 15.2. The summed E-state index contributed by atoms with van der Waals surface area (Å²) in [6.07, 6.45) is 7.85. The third kappa shape index (κ3) is 4.10. The minimum Gasteiger partial charge on any atom is -0.329 e. The van der Waals surface area contributed by atoms with Crippen molar-refractivity contribution in [3.05, 3.63) is 18.0 Å². The summed E-state index contributed by atoms with van der Waals surface area (Å²) in [7, 11) is 2.15. The molecular formula is C14H28N4. The molecule has 18 heavy (non-hydrogen) atoms. The first-order chi connectivity index (χ1) is 8.60. The van der Waals surface area contributed by atoms with E-state index in [1.165, 1.54) is 24.8 Å². The predicted octanol–water partition coefficient (Wildman–Crippen LogP) is 2.59. The average Bonchev–Trinajstić information content (AvgIpc) is 2.80. The molecule has 0 spiro atoms. The molecule has 1 rings (SSSR count). The van der Waals surface area contributed by atoms with E-state index in [0.29, 0.717) is 12.6 Å². The van der Waals surface area contributed by atoms with E-state index >= 15 is 0 Å². The molecule has 0 aromatic carbocycles. The molecule has 0 aliphatic carbocycles. The molecule has 0 amide bonds. The summed E-state index contributed by atoms with van der Waals surface area (Å²) in [6, 6.07) is 0.692. The minimum atomic E-state index is 0.286. The van der Waals surface area contributed by atoms with Crippen molar-refractivity contribution in [1.29, 1.82) is 0 Å². The summed E-state index contributed by atoms with van der Waals surface area (Å²) in [5.41, 5.74) is 7.14. The number of aromatic nitrogens is 2. The van der Waals surface area contributed by atoms with E-state index in [0.717, 1.165) is 6.54 Å². The van der Waals surface area contributed by atoms with Gasteiger partial charge in [-0.2, -0.15) is 5.10 Å². The number of hydrogen-bond acceptors (Lipinski definition) is 3. The standard InChI is InChI=1S/C14H28N4/c1-5-6-7-8-17(4)14(9-15)13-10-16-18(11-13)12(2)3/h10-12,14H,5-9,15H2,1-4H3. The maximum atomic E-state index is 5.92. The van der Waals surface area contributed by atoms with Crippen LogP contribution in [-0.4, -0.2) is 34.8 Å². The Morgan fingerprint density at radius 1 is 1.39 bits per heavy atom. The maximum Gasteiger partial charge on any atom is 0.0538 e. The first-order valence-corrected chi connectivity index (χ1v) is 7.04. The normalized spacial score (nSPS) is 13.5. The van der Waals surface area contributed by atoms with Crippen LogP contribution in [0.5, 0.6) is 0 Å². The summed E-state index contributed by atoms with van der Waals surface area (Å²) in [6.45, 7) is 8.25. The Kier molecular flexibility index (Phi) is 6.36. The number of nitrogens with two attached hydrogens (primary N) is 1. The van der Waals surface area contributed by atoms with Gasteiger partial charge >= 0.3 is 0 Å². The van der Waals surface area contributed by atoms with Crippen LogP contribution >= 0.6 is 0 Å². The van der Waals surface area contributed by atoms with Crippen molar-refractivity contribution in [2.24, 2.45) is 5.73 Å². The summed E-state index contributed by atoms with van der Waals surface area (Å²) >= 11 is 0. The van der Waals surface area contributed by atoms with Crippen LogP contribution in [0.4, 0.5) is 0 Å². The highest BCUT2D eigenvalue weighted by atomic mass is 15.3. The van der Waals surface area contributed by atoms with Crippen LogP contribution in [0.15, 0.2) is 12.4 Å². The number of nitrogens with zero attached hydrogens (tertiary/aromatic N) is 3. The molecule has 0 aliphatic rings. The Labute approximate surface area is 111 Å². The van der Waals surface area contributed by atoms with E-state index in [4.69, 9.17) is 5.73 Å². The molecule has 1 unspecified atom stereocenters. The zero-order chi connectivity index (χ0) is 13.5. The molecule has 0 saturated heterocycles. The SMILES string of the molecule is CCCCCN(C)C(CN)c1cnn(C(C)C)c1. The molecule has 2 N–H and O–H groups in total. The molecule has 4 heteroatoms. The first-order valence-electron chi connectivity index (χ1n) is 7.04. The summed E-state index contributed by atoms with van der Waals surface area (Å²) < 4.78 is 2.00. The van der Waals surface area contributed by atoms with Gasteiger partial charge in [-0.15, -0.1) is 0 Å². The van der Waals surface area contributed by atoms with E-state index in [2.05, 4.69) is 44.0 Å². The fourth-order valence-corrected chi connectivity index (χ4v) is 2.14. The molecule has 4 nitrogen and oxygen atoms in total. The third-order valence-electron chi connectivity index (χ3n) is 3.41. The fraction of sp³-hybridized carbons (Fsp3) is 0.786. The Bertz CT molecular complexity index is 332. The smallest absolute Gasteiger partial charge is 0.0538 e. The van der Waals surface area contributed by atoms with Gasteiger partial charge in [0, 0.05) is 30.4 Å². The van der Waals surface area contributed by atoms with E-state index in [9.17, 15) is 0 Å². The van der Waals surface area contributed by atoms with Gasteiger partial charge in [0.05, 0.1) is 6.20 Å². The molecule has 1 aromatic heterocycles. The zero-order valence-electron chi connectivity index (χ0n) is 12.3. The second-order valence-corrected chi connectivity index (χ2v) is 5.29. The lowest BCUT2D eigenvalue weighted by Crippen LogP contribution is -2.31. The highest BCUT2D eigenvalue weighted by Crippen LogP contribution is 2.19. The van der Waals surface area contributed by atoms with Crippen LogP contribution in [0.3, 0.4) is 0 Å². The fourth-order valence-electron chi connectivity index (χ4n) is 2.14. The van der Waals surface area contributed by atoms with Gasteiger partial charge in [-0.25, -0.2) is 0 Å². The van der Waals surface area contributed by atoms with Crippen molar-refractivity contribution in [1.82, 2.24) is 14.7 Å². The third-order valence-corrected chi connectivity index (χ3v) is 3.41.